The van der Waals surface area contributed by atoms with Crippen molar-refractivity contribution in [1.82, 2.24) is 14.9 Å². The molecule has 1 amide bonds. The molecule has 0 saturated carbocycles. The van der Waals surface area contributed by atoms with Crippen LogP contribution in [0.5, 0.6) is 0 Å². The van der Waals surface area contributed by atoms with Crippen LogP contribution in [0.4, 0.5) is 0 Å². The molecule has 6 nitrogen and oxygen atoms in total. The summed E-state index contributed by atoms with van der Waals surface area (Å²) in [6.07, 6.45) is 7.42. The number of carboxylic acids is 1. The molecule has 0 aliphatic rings. The van der Waals surface area contributed by atoms with E-state index in [1.807, 2.05) is 10.8 Å². The van der Waals surface area contributed by atoms with Crippen LogP contribution >= 0.6 is 0 Å². The van der Waals surface area contributed by atoms with E-state index in [0.29, 0.717) is 6.42 Å². The van der Waals surface area contributed by atoms with Gasteiger partial charge in [-0.3, -0.25) is 9.59 Å². The Morgan fingerprint density at radius 2 is 2.10 bits per heavy atom. The number of aromatic nitrogens is 2. The monoisotopic (exact) mass is 281 g/mol. The second-order valence-corrected chi connectivity index (χ2v) is 5.14. The van der Waals surface area contributed by atoms with Gasteiger partial charge in [-0.15, -0.1) is 0 Å². The van der Waals surface area contributed by atoms with Crippen molar-refractivity contribution in [2.24, 2.45) is 5.92 Å². The van der Waals surface area contributed by atoms with Gasteiger partial charge in [-0.2, -0.15) is 0 Å². The molecule has 1 heterocycles. The zero-order chi connectivity index (χ0) is 15.1. The first-order valence-corrected chi connectivity index (χ1v) is 6.95. The SMILES string of the molecule is CCCC(CC(=O)NC(C)C(C)C(=O)O)n1ccnc1. The molecule has 1 aromatic heterocycles. The van der Waals surface area contributed by atoms with Gasteiger partial charge < -0.3 is 15.0 Å². The van der Waals surface area contributed by atoms with Crippen LogP contribution in [-0.4, -0.2) is 32.6 Å². The van der Waals surface area contributed by atoms with Gasteiger partial charge in [-0.25, -0.2) is 4.98 Å². The van der Waals surface area contributed by atoms with Gasteiger partial charge in [0.1, 0.15) is 0 Å². The van der Waals surface area contributed by atoms with Crippen molar-refractivity contribution in [1.29, 1.82) is 0 Å². The highest BCUT2D eigenvalue weighted by atomic mass is 16.4. The Labute approximate surface area is 119 Å². The molecule has 0 saturated heterocycles. The van der Waals surface area contributed by atoms with E-state index in [1.54, 1.807) is 26.4 Å². The molecule has 6 heteroatoms. The second kappa shape index (κ2) is 7.67. The number of nitrogens with zero attached hydrogens (tertiary/aromatic N) is 2. The Kier molecular flexibility index (Phi) is 6.21. The summed E-state index contributed by atoms with van der Waals surface area (Å²) in [5.74, 6) is -1.63. The molecular formula is C14H23N3O3. The maximum atomic E-state index is 12.0. The van der Waals surface area contributed by atoms with Crippen molar-refractivity contribution in [2.75, 3.05) is 0 Å². The number of nitrogens with one attached hydrogen (secondary N) is 1. The highest BCUT2D eigenvalue weighted by Gasteiger charge is 2.22. The number of hydrogen-bond acceptors (Lipinski definition) is 3. The summed E-state index contributed by atoms with van der Waals surface area (Å²) < 4.78 is 1.92. The van der Waals surface area contributed by atoms with E-state index in [1.165, 1.54) is 0 Å². The maximum Gasteiger partial charge on any atom is 0.308 e. The molecule has 0 bridgehead atoms. The minimum absolute atomic E-state index is 0.0647. The zero-order valence-electron chi connectivity index (χ0n) is 12.2. The van der Waals surface area contributed by atoms with Crippen LogP contribution < -0.4 is 5.32 Å². The molecular weight excluding hydrogens is 258 g/mol. The number of imidazole rings is 1. The lowest BCUT2D eigenvalue weighted by Gasteiger charge is -2.21. The van der Waals surface area contributed by atoms with Gasteiger partial charge in [0.25, 0.3) is 0 Å². The van der Waals surface area contributed by atoms with E-state index >= 15 is 0 Å². The molecule has 0 fully saturated rings. The van der Waals surface area contributed by atoms with E-state index in [2.05, 4.69) is 17.2 Å². The lowest BCUT2D eigenvalue weighted by molar-refractivity contribution is -0.142. The standard InChI is InChI=1S/C14H23N3O3/c1-4-5-12(17-7-6-15-9-17)8-13(18)16-11(3)10(2)14(19)20/h6-7,9-12H,4-5,8H2,1-3H3,(H,16,18)(H,19,20). The quantitative estimate of drug-likeness (QED) is 0.761. The van der Waals surface area contributed by atoms with Crippen LogP contribution in [0.1, 0.15) is 46.1 Å². The predicted molar refractivity (Wildman–Crippen MR) is 75.2 cm³/mol. The number of rotatable bonds is 8. The van der Waals surface area contributed by atoms with Gasteiger partial charge in [-0.1, -0.05) is 13.3 Å². The van der Waals surface area contributed by atoms with Gasteiger partial charge in [0.05, 0.1) is 12.2 Å². The molecule has 0 aromatic carbocycles. The largest absolute Gasteiger partial charge is 0.481 e. The van der Waals surface area contributed by atoms with Crippen LogP contribution in [-0.2, 0) is 9.59 Å². The molecule has 1 rings (SSSR count). The average Bonchev–Trinajstić information content (AvgIpc) is 2.90. The highest BCUT2D eigenvalue weighted by Crippen LogP contribution is 2.18. The zero-order valence-corrected chi connectivity index (χ0v) is 12.2. The van der Waals surface area contributed by atoms with Crippen LogP contribution in [0.25, 0.3) is 0 Å². The van der Waals surface area contributed by atoms with Crippen molar-refractivity contribution in [2.45, 2.75) is 52.1 Å². The maximum absolute atomic E-state index is 12.0. The van der Waals surface area contributed by atoms with Gasteiger partial charge >= 0.3 is 5.97 Å². The minimum Gasteiger partial charge on any atom is -0.481 e. The summed E-state index contributed by atoms with van der Waals surface area (Å²) in [5.41, 5.74) is 0. The Bertz CT molecular complexity index is 431. The Hall–Kier alpha value is -1.85. The molecule has 3 unspecified atom stereocenters. The third kappa shape index (κ3) is 4.68. The normalized spacial score (nSPS) is 15.3. The van der Waals surface area contributed by atoms with Crippen LogP contribution in [0.3, 0.4) is 0 Å². The summed E-state index contributed by atoms with van der Waals surface area (Å²) >= 11 is 0. The first-order chi connectivity index (χ1) is 9.45. The van der Waals surface area contributed by atoms with E-state index < -0.39 is 11.9 Å². The van der Waals surface area contributed by atoms with Gasteiger partial charge in [0, 0.05) is 30.9 Å². The molecule has 112 valence electrons. The highest BCUT2D eigenvalue weighted by molar-refractivity contribution is 5.78. The second-order valence-electron chi connectivity index (χ2n) is 5.14. The Morgan fingerprint density at radius 1 is 1.40 bits per heavy atom. The van der Waals surface area contributed by atoms with E-state index in [0.717, 1.165) is 12.8 Å². The number of hydrogen-bond donors (Lipinski definition) is 2. The number of aliphatic carboxylic acids is 1. The number of amides is 1. The van der Waals surface area contributed by atoms with Crippen LogP contribution in [0, 0.1) is 5.92 Å². The van der Waals surface area contributed by atoms with Crippen molar-refractivity contribution < 1.29 is 14.7 Å². The minimum atomic E-state index is -0.905. The van der Waals surface area contributed by atoms with Crippen LogP contribution in [0.2, 0.25) is 0 Å². The molecule has 2 N–H and O–H groups in total. The van der Waals surface area contributed by atoms with E-state index in [4.69, 9.17) is 5.11 Å². The molecule has 0 radical (unpaired) electrons. The fourth-order valence-electron chi connectivity index (χ4n) is 2.04. The van der Waals surface area contributed by atoms with Crippen molar-refractivity contribution >= 4 is 11.9 Å². The first-order valence-electron chi connectivity index (χ1n) is 6.95. The molecule has 0 spiro atoms. The lowest BCUT2D eigenvalue weighted by atomic mass is 10.0. The lowest BCUT2D eigenvalue weighted by Crippen LogP contribution is -2.40. The Morgan fingerprint density at radius 3 is 2.60 bits per heavy atom. The summed E-state index contributed by atoms with van der Waals surface area (Å²) in [7, 11) is 0. The third-order valence-electron chi connectivity index (χ3n) is 3.52. The first kappa shape index (κ1) is 16.2. The summed E-state index contributed by atoms with van der Waals surface area (Å²) in [4.78, 5) is 26.9. The predicted octanol–water partition coefficient (Wildman–Crippen LogP) is 1.84. The van der Waals surface area contributed by atoms with Crippen molar-refractivity contribution in [3.05, 3.63) is 18.7 Å². The summed E-state index contributed by atoms with van der Waals surface area (Å²) in [6.45, 7) is 5.37. The van der Waals surface area contributed by atoms with E-state index in [-0.39, 0.29) is 18.0 Å². The number of carboxylic acid groups (broad SMARTS) is 1. The molecule has 1 aromatic rings. The van der Waals surface area contributed by atoms with Gasteiger partial charge in [-0.05, 0) is 20.3 Å². The fourth-order valence-corrected chi connectivity index (χ4v) is 2.04. The topological polar surface area (TPSA) is 84.2 Å². The molecule has 0 aliphatic carbocycles. The number of carbonyl (C=O) groups is 2. The fraction of sp³-hybridized carbons (Fsp3) is 0.643. The smallest absolute Gasteiger partial charge is 0.308 e. The summed E-state index contributed by atoms with van der Waals surface area (Å²) in [6, 6.07) is -0.320. The molecule has 20 heavy (non-hydrogen) atoms. The van der Waals surface area contributed by atoms with E-state index in [9.17, 15) is 9.59 Å². The third-order valence-corrected chi connectivity index (χ3v) is 3.52. The van der Waals surface area contributed by atoms with Gasteiger partial charge in [0.2, 0.25) is 5.91 Å². The van der Waals surface area contributed by atoms with Crippen LogP contribution in [0.15, 0.2) is 18.7 Å². The molecule has 0 aliphatic heterocycles. The van der Waals surface area contributed by atoms with Crippen molar-refractivity contribution in [3.8, 4) is 0 Å². The number of carbonyl (C=O) groups excluding carboxylic acids is 1. The van der Waals surface area contributed by atoms with Crippen molar-refractivity contribution in [3.63, 3.8) is 0 Å². The summed E-state index contributed by atoms with van der Waals surface area (Å²) in [5, 5.41) is 11.7. The van der Waals surface area contributed by atoms with Gasteiger partial charge in [0.15, 0.2) is 0 Å². The Balaban J connectivity index is 2.56. The molecule has 3 atom stereocenters. The average molecular weight is 281 g/mol.